The van der Waals surface area contributed by atoms with Gasteiger partial charge in [0.05, 0.1) is 4.92 Å². The highest BCUT2D eigenvalue weighted by Gasteiger charge is 2.15. The minimum atomic E-state index is -2.62. The third-order valence-corrected chi connectivity index (χ3v) is 2.57. The lowest BCUT2D eigenvalue weighted by molar-refractivity contribution is -0.385. The van der Waals surface area contributed by atoms with E-state index in [1.54, 1.807) is 5.48 Å². The Morgan fingerprint density at radius 1 is 1.40 bits per heavy atom. The number of carbonyl (C=O) groups excluding carboxylic acids is 1. The summed E-state index contributed by atoms with van der Waals surface area (Å²) in [7, 11) is 4.37. The smallest absolute Gasteiger partial charge is 0.271 e. The first-order chi connectivity index (χ1) is 9.24. The zero-order chi connectivity index (χ0) is 15.9. The molecule has 1 atom stereocenters. The van der Waals surface area contributed by atoms with Crippen molar-refractivity contribution in [1.29, 1.82) is 0 Å². The number of nitrogens with one attached hydrogen (secondary N) is 1. The van der Waals surface area contributed by atoms with Crippen molar-refractivity contribution in [3.63, 3.8) is 0 Å². The predicted octanol–water partition coefficient (Wildman–Crippen LogP) is 0.130. The molecule has 0 aromatic heterocycles. The monoisotopic (exact) mass is 304 g/mol. The number of nitrogens with zero attached hydrogens (tertiary/aromatic N) is 2. The Morgan fingerprint density at radius 2 is 1.90 bits per heavy atom. The van der Waals surface area contributed by atoms with E-state index in [-0.39, 0.29) is 10.5 Å². The quantitative estimate of drug-likeness (QED) is 0.460. The highest BCUT2D eigenvalue weighted by molar-refractivity contribution is 7.79. The van der Waals surface area contributed by atoms with Crippen molar-refractivity contribution >= 4 is 22.7 Å². The van der Waals surface area contributed by atoms with Gasteiger partial charge >= 0.3 is 0 Å². The normalized spacial score (nSPS) is 11.1. The Kier molecular flexibility index (Phi) is 7.54. The largest absolute Gasteiger partial charge is 0.768 e. The molecule has 0 saturated carbocycles. The van der Waals surface area contributed by atoms with Crippen molar-refractivity contribution in [3.8, 4) is 0 Å². The molecule has 9 nitrogen and oxygen atoms in total. The lowest BCUT2D eigenvalue weighted by Gasteiger charge is -2.12. The van der Waals surface area contributed by atoms with E-state index in [0.717, 1.165) is 18.2 Å². The predicted molar refractivity (Wildman–Crippen MR) is 69.1 cm³/mol. The van der Waals surface area contributed by atoms with Gasteiger partial charge in [-0.3, -0.25) is 19.1 Å². The zero-order valence-electron chi connectivity index (χ0n) is 11.0. The molecule has 2 N–H and O–H groups in total. The molecule has 0 radical (unpaired) electrons. The molecule has 1 rings (SSSR count). The summed E-state index contributed by atoms with van der Waals surface area (Å²) >= 11 is -2.62. The lowest BCUT2D eigenvalue weighted by atomic mass is 10.2. The first kappa shape index (κ1) is 18.1. The van der Waals surface area contributed by atoms with Gasteiger partial charge in [-0.15, -0.1) is 0 Å². The van der Waals surface area contributed by atoms with Crippen LogP contribution >= 0.6 is 0 Å². The van der Waals surface area contributed by atoms with Crippen LogP contribution in [0.5, 0.6) is 0 Å². The molecule has 20 heavy (non-hydrogen) atoms. The highest BCUT2D eigenvalue weighted by Crippen LogP contribution is 2.20. The van der Waals surface area contributed by atoms with Gasteiger partial charge in [0.25, 0.3) is 11.6 Å². The van der Waals surface area contributed by atoms with Crippen molar-refractivity contribution in [3.05, 3.63) is 33.9 Å². The van der Waals surface area contributed by atoms with E-state index >= 15 is 0 Å². The fraction of sp³-hybridized carbons (Fsp3) is 0.300. The molecule has 0 spiro atoms. The summed E-state index contributed by atoms with van der Waals surface area (Å²) in [5.41, 5.74) is 1.28. The summed E-state index contributed by atoms with van der Waals surface area (Å²) in [6.45, 7) is 0. The summed E-state index contributed by atoms with van der Waals surface area (Å²) in [5.74, 6) is -0.500. The molecule has 1 unspecified atom stereocenters. The fourth-order valence-electron chi connectivity index (χ4n) is 1.17. The highest BCUT2D eigenvalue weighted by atomic mass is 32.2. The number of amides is 1. The second-order valence-corrected chi connectivity index (χ2v) is 4.57. The minimum Gasteiger partial charge on any atom is -0.768 e. The van der Waals surface area contributed by atoms with E-state index in [4.69, 9.17) is 5.21 Å². The second-order valence-electron chi connectivity index (χ2n) is 3.63. The standard InChI is InChI=1S/C9H10N2O5S.CH5NO/c1-10(2)9(12)6-3-7(11(13)14)5-8(4-6)17(15)16;1-2-3/h3-5H,1-2H3,(H,15,16);2-3H,1H3/p-1. The summed E-state index contributed by atoms with van der Waals surface area (Å²) in [4.78, 5) is 22.4. The Labute approximate surface area is 117 Å². The van der Waals surface area contributed by atoms with Crippen LogP contribution in [0.3, 0.4) is 0 Å². The lowest BCUT2D eigenvalue weighted by Crippen LogP contribution is -2.22. The first-order valence-electron chi connectivity index (χ1n) is 5.15. The number of hydroxylamine groups is 1. The number of hydrogen-bond donors (Lipinski definition) is 2. The van der Waals surface area contributed by atoms with Crippen LogP contribution in [-0.2, 0) is 11.1 Å². The molecule has 0 aliphatic rings. The molecule has 0 fully saturated rings. The van der Waals surface area contributed by atoms with Crippen molar-refractivity contribution in [2.24, 2.45) is 0 Å². The van der Waals surface area contributed by atoms with Crippen LogP contribution in [0, 0.1) is 10.1 Å². The molecule has 112 valence electrons. The molecule has 1 aromatic rings. The van der Waals surface area contributed by atoms with Crippen LogP contribution in [0.1, 0.15) is 10.4 Å². The molecule has 0 bridgehead atoms. The molecule has 0 aliphatic carbocycles. The van der Waals surface area contributed by atoms with Gasteiger partial charge in [-0.25, -0.2) is 5.48 Å². The number of nitro benzene ring substituents is 1. The molecule has 0 aliphatic heterocycles. The molecule has 0 saturated heterocycles. The maximum Gasteiger partial charge on any atom is 0.271 e. The Hall–Kier alpha value is -1.88. The Balaban J connectivity index is 0.00000110. The maximum absolute atomic E-state index is 11.6. The first-order valence-corrected chi connectivity index (χ1v) is 6.23. The van der Waals surface area contributed by atoms with Gasteiger partial charge < -0.3 is 14.7 Å². The maximum atomic E-state index is 11.6. The van der Waals surface area contributed by atoms with Crippen LogP contribution in [0.2, 0.25) is 0 Å². The van der Waals surface area contributed by atoms with E-state index in [0.29, 0.717) is 0 Å². The molecular formula is C10H14N3O6S-. The summed E-state index contributed by atoms with van der Waals surface area (Å²) < 4.78 is 21.5. The number of nitro groups is 1. The molecular weight excluding hydrogens is 290 g/mol. The molecule has 10 heteroatoms. The van der Waals surface area contributed by atoms with Crippen LogP contribution in [0.15, 0.2) is 23.1 Å². The second kappa shape index (κ2) is 8.32. The average Bonchev–Trinajstić information content (AvgIpc) is 2.37. The van der Waals surface area contributed by atoms with Crippen LogP contribution in [-0.4, -0.2) is 50.8 Å². The van der Waals surface area contributed by atoms with Gasteiger partial charge in [0.15, 0.2) is 0 Å². The fourth-order valence-corrected chi connectivity index (χ4v) is 1.61. The van der Waals surface area contributed by atoms with E-state index in [9.17, 15) is 23.7 Å². The van der Waals surface area contributed by atoms with Gasteiger partial charge in [0.2, 0.25) is 0 Å². The third kappa shape index (κ3) is 5.40. The average molecular weight is 304 g/mol. The number of non-ortho nitro benzene ring substituents is 1. The van der Waals surface area contributed by atoms with Crippen LogP contribution in [0.4, 0.5) is 5.69 Å². The van der Waals surface area contributed by atoms with E-state index in [1.807, 2.05) is 0 Å². The van der Waals surface area contributed by atoms with Crippen LogP contribution in [0.25, 0.3) is 0 Å². The van der Waals surface area contributed by atoms with Crippen molar-refractivity contribution in [2.45, 2.75) is 4.90 Å². The van der Waals surface area contributed by atoms with Gasteiger partial charge in [0.1, 0.15) is 0 Å². The zero-order valence-corrected chi connectivity index (χ0v) is 11.8. The van der Waals surface area contributed by atoms with Crippen molar-refractivity contribution in [1.82, 2.24) is 10.4 Å². The van der Waals surface area contributed by atoms with E-state index < -0.39 is 27.6 Å². The SMILES string of the molecule is CN(C)C(=O)c1cc([N+](=O)[O-])cc(S(=O)[O-])c1.CNO. The number of hydrogen-bond acceptors (Lipinski definition) is 7. The van der Waals surface area contributed by atoms with Crippen LogP contribution < -0.4 is 5.48 Å². The molecule has 1 aromatic carbocycles. The molecule has 0 heterocycles. The van der Waals surface area contributed by atoms with Gasteiger partial charge in [0, 0.05) is 43.7 Å². The summed E-state index contributed by atoms with van der Waals surface area (Å²) in [5, 5.41) is 17.9. The Morgan fingerprint density at radius 3 is 2.25 bits per heavy atom. The van der Waals surface area contributed by atoms with Crippen molar-refractivity contribution < 1.29 is 23.7 Å². The number of carbonyl (C=O) groups is 1. The minimum absolute atomic E-state index is 0.0385. The molecule has 1 amide bonds. The topological polar surface area (TPSA) is 136 Å². The Bertz CT molecular complexity index is 487. The van der Waals surface area contributed by atoms with E-state index in [2.05, 4.69) is 0 Å². The van der Waals surface area contributed by atoms with Gasteiger partial charge in [-0.05, 0) is 17.1 Å². The summed E-state index contributed by atoms with van der Waals surface area (Å²) in [6, 6.07) is 3.03. The van der Waals surface area contributed by atoms with Gasteiger partial charge in [-0.1, -0.05) is 0 Å². The van der Waals surface area contributed by atoms with E-state index in [1.165, 1.54) is 26.0 Å². The summed E-state index contributed by atoms with van der Waals surface area (Å²) in [6.07, 6.45) is 0. The third-order valence-electron chi connectivity index (χ3n) is 1.95. The van der Waals surface area contributed by atoms with Gasteiger partial charge in [-0.2, -0.15) is 0 Å². The van der Waals surface area contributed by atoms with Crippen molar-refractivity contribution in [2.75, 3.05) is 21.1 Å². The number of rotatable bonds is 3. The number of benzene rings is 1.